The fourth-order valence-electron chi connectivity index (χ4n) is 2.25. The van der Waals surface area contributed by atoms with E-state index in [0.717, 1.165) is 30.9 Å². The highest BCUT2D eigenvalue weighted by Crippen LogP contribution is 2.19. The molecule has 4 heteroatoms. The van der Waals surface area contributed by atoms with E-state index in [2.05, 4.69) is 40.8 Å². The summed E-state index contributed by atoms with van der Waals surface area (Å²) in [5.74, 6) is 5.91. The summed E-state index contributed by atoms with van der Waals surface area (Å²) in [5.41, 5.74) is 0.290. The molecule has 2 aromatic rings. The van der Waals surface area contributed by atoms with Gasteiger partial charge in [-0.15, -0.1) is 11.3 Å². The van der Waals surface area contributed by atoms with Crippen LogP contribution in [0.3, 0.4) is 0 Å². The molecule has 0 aliphatic heterocycles. The first-order valence-corrected chi connectivity index (χ1v) is 8.73. The van der Waals surface area contributed by atoms with E-state index >= 15 is 0 Å². The van der Waals surface area contributed by atoms with Crippen molar-refractivity contribution in [3.63, 3.8) is 0 Å². The van der Waals surface area contributed by atoms with Crippen molar-refractivity contribution in [3.05, 3.63) is 52.0 Å². The predicted molar refractivity (Wildman–Crippen MR) is 96.1 cm³/mol. The van der Waals surface area contributed by atoms with Gasteiger partial charge in [0.1, 0.15) is 5.60 Å². The first-order chi connectivity index (χ1) is 11.0. The SMILES string of the molecule is CCCN(Cc1cccnc1)Cc1ccc(C#CC(C)(C)O)s1. The molecule has 0 spiro atoms. The first-order valence-electron chi connectivity index (χ1n) is 7.92. The Morgan fingerprint density at radius 2 is 2.09 bits per heavy atom. The Kier molecular flexibility index (Phi) is 6.35. The largest absolute Gasteiger partial charge is 0.378 e. The zero-order valence-corrected chi connectivity index (χ0v) is 14.9. The summed E-state index contributed by atoms with van der Waals surface area (Å²) in [7, 11) is 0. The van der Waals surface area contributed by atoms with Crippen molar-refractivity contribution in [1.82, 2.24) is 9.88 Å². The molecule has 0 unspecified atom stereocenters. The minimum atomic E-state index is -0.946. The van der Waals surface area contributed by atoms with Crippen LogP contribution in [0, 0.1) is 11.8 Å². The predicted octanol–water partition coefficient (Wildman–Crippen LogP) is 3.68. The molecule has 0 atom stereocenters. The summed E-state index contributed by atoms with van der Waals surface area (Å²) in [6.45, 7) is 8.47. The molecule has 2 aromatic heterocycles. The number of pyridine rings is 1. The molecule has 2 heterocycles. The van der Waals surface area contributed by atoms with Gasteiger partial charge >= 0.3 is 0 Å². The third kappa shape index (κ3) is 6.54. The second-order valence-corrected chi connectivity index (χ2v) is 7.32. The maximum Gasteiger partial charge on any atom is 0.120 e. The molecule has 0 saturated heterocycles. The van der Waals surface area contributed by atoms with Crippen molar-refractivity contribution < 1.29 is 5.11 Å². The van der Waals surface area contributed by atoms with Gasteiger partial charge in [-0.05, 0) is 50.6 Å². The van der Waals surface area contributed by atoms with Gasteiger partial charge in [-0.3, -0.25) is 9.88 Å². The minimum absolute atomic E-state index is 0.907. The van der Waals surface area contributed by atoms with Crippen molar-refractivity contribution in [3.8, 4) is 11.8 Å². The number of hydrogen-bond donors (Lipinski definition) is 1. The Balaban J connectivity index is 2.02. The fraction of sp³-hybridized carbons (Fsp3) is 0.421. The summed E-state index contributed by atoms with van der Waals surface area (Å²) in [6.07, 6.45) is 4.86. The number of hydrogen-bond acceptors (Lipinski definition) is 4. The molecule has 2 rings (SSSR count). The molecule has 0 aliphatic carbocycles. The Bertz CT molecular complexity index is 662. The van der Waals surface area contributed by atoms with Gasteiger partial charge in [0.25, 0.3) is 0 Å². The summed E-state index contributed by atoms with van der Waals surface area (Å²) < 4.78 is 0. The van der Waals surface area contributed by atoms with Crippen LogP contribution in [0.4, 0.5) is 0 Å². The number of aromatic nitrogens is 1. The van der Waals surface area contributed by atoms with Crippen LogP contribution in [-0.2, 0) is 13.1 Å². The molecule has 122 valence electrons. The molecular weight excluding hydrogens is 304 g/mol. The quantitative estimate of drug-likeness (QED) is 0.822. The van der Waals surface area contributed by atoms with Crippen molar-refractivity contribution in [1.29, 1.82) is 0 Å². The van der Waals surface area contributed by atoms with Gasteiger partial charge in [0.15, 0.2) is 0 Å². The molecule has 23 heavy (non-hydrogen) atoms. The topological polar surface area (TPSA) is 36.4 Å². The monoisotopic (exact) mass is 328 g/mol. The van der Waals surface area contributed by atoms with E-state index in [0.29, 0.717) is 0 Å². The van der Waals surface area contributed by atoms with Crippen LogP contribution in [0.15, 0.2) is 36.7 Å². The zero-order chi connectivity index (χ0) is 16.7. The summed E-state index contributed by atoms with van der Waals surface area (Å²) in [6, 6.07) is 8.26. The van der Waals surface area contributed by atoms with E-state index in [1.807, 2.05) is 18.3 Å². The Hall–Kier alpha value is -1.67. The average molecular weight is 328 g/mol. The Labute approximate surface area is 143 Å². The number of rotatable bonds is 6. The van der Waals surface area contributed by atoms with E-state index in [-0.39, 0.29) is 0 Å². The van der Waals surface area contributed by atoms with Crippen molar-refractivity contribution in [2.75, 3.05) is 6.54 Å². The van der Waals surface area contributed by atoms with Gasteiger partial charge < -0.3 is 5.11 Å². The molecule has 3 nitrogen and oxygen atoms in total. The highest BCUT2D eigenvalue weighted by atomic mass is 32.1. The highest BCUT2D eigenvalue weighted by molar-refractivity contribution is 7.12. The molecule has 0 aliphatic rings. The summed E-state index contributed by atoms with van der Waals surface area (Å²) in [5, 5.41) is 9.68. The lowest BCUT2D eigenvalue weighted by Gasteiger charge is -2.20. The zero-order valence-electron chi connectivity index (χ0n) is 14.0. The molecule has 0 radical (unpaired) electrons. The molecule has 0 aromatic carbocycles. The molecule has 0 fully saturated rings. The van der Waals surface area contributed by atoms with Crippen molar-refractivity contribution in [2.24, 2.45) is 0 Å². The van der Waals surface area contributed by atoms with Crippen LogP contribution in [0.5, 0.6) is 0 Å². The van der Waals surface area contributed by atoms with Crippen LogP contribution in [0.1, 0.15) is 42.5 Å². The third-order valence-electron chi connectivity index (χ3n) is 3.20. The lowest BCUT2D eigenvalue weighted by Crippen LogP contribution is -2.23. The smallest absolute Gasteiger partial charge is 0.120 e. The van der Waals surface area contributed by atoms with Gasteiger partial charge in [-0.2, -0.15) is 0 Å². The van der Waals surface area contributed by atoms with Crippen LogP contribution < -0.4 is 0 Å². The maximum absolute atomic E-state index is 9.68. The first kappa shape index (κ1) is 17.7. The molecule has 0 amide bonds. The van der Waals surface area contributed by atoms with Gasteiger partial charge in [0.05, 0.1) is 4.88 Å². The van der Waals surface area contributed by atoms with E-state index < -0.39 is 5.60 Å². The highest BCUT2D eigenvalue weighted by Gasteiger charge is 2.09. The van der Waals surface area contributed by atoms with Gasteiger partial charge in [0, 0.05) is 30.4 Å². The van der Waals surface area contributed by atoms with Crippen molar-refractivity contribution >= 4 is 11.3 Å². The summed E-state index contributed by atoms with van der Waals surface area (Å²) >= 11 is 1.70. The number of thiophene rings is 1. The van der Waals surface area contributed by atoms with Crippen LogP contribution in [0.25, 0.3) is 0 Å². The lowest BCUT2D eigenvalue weighted by molar-refractivity contribution is 0.143. The fourth-order valence-corrected chi connectivity index (χ4v) is 3.15. The van der Waals surface area contributed by atoms with Gasteiger partial charge in [0.2, 0.25) is 0 Å². The van der Waals surface area contributed by atoms with Gasteiger partial charge in [-0.25, -0.2) is 0 Å². The normalized spacial score (nSPS) is 11.3. The number of aliphatic hydroxyl groups is 1. The van der Waals surface area contributed by atoms with E-state index in [1.165, 1.54) is 10.4 Å². The average Bonchev–Trinajstić information content (AvgIpc) is 2.93. The second kappa shape index (κ2) is 8.26. The molecule has 1 N–H and O–H groups in total. The Morgan fingerprint density at radius 1 is 1.26 bits per heavy atom. The van der Waals surface area contributed by atoms with E-state index in [9.17, 15) is 5.11 Å². The molecule has 0 bridgehead atoms. The summed E-state index contributed by atoms with van der Waals surface area (Å²) in [4.78, 5) is 8.91. The van der Waals surface area contributed by atoms with Crippen LogP contribution >= 0.6 is 11.3 Å². The Morgan fingerprint density at radius 3 is 2.74 bits per heavy atom. The van der Waals surface area contributed by atoms with Crippen LogP contribution in [-0.4, -0.2) is 27.1 Å². The van der Waals surface area contributed by atoms with Gasteiger partial charge in [-0.1, -0.05) is 24.8 Å². The standard InChI is InChI=1S/C19H24N2OS/c1-4-12-21(14-16-6-5-11-20-13-16)15-18-8-7-17(23-18)9-10-19(2,3)22/h5-8,11,13,22H,4,12,14-15H2,1-3H3. The molecular formula is C19H24N2OS. The minimum Gasteiger partial charge on any atom is -0.378 e. The molecule has 0 saturated carbocycles. The van der Waals surface area contributed by atoms with Crippen LogP contribution in [0.2, 0.25) is 0 Å². The van der Waals surface area contributed by atoms with E-state index in [1.54, 1.807) is 31.4 Å². The second-order valence-electron chi connectivity index (χ2n) is 6.15. The van der Waals surface area contributed by atoms with Crippen molar-refractivity contribution in [2.45, 2.75) is 45.9 Å². The lowest BCUT2D eigenvalue weighted by atomic mass is 10.1. The number of nitrogens with zero attached hydrogens (tertiary/aromatic N) is 2. The maximum atomic E-state index is 9.68. The third-order valence-corrected chi connectivity index (χ3v) is 4.19. The van der Waals surface area contributed by atoms with E-state index in [4.69, 9.17) is 0 Å².